The average molecular weight is 683 g/mol. The lowest BCUT2D eigenvalue weighted by Crippen LogP contribution is -2.65. The summed E-state index contributed by atoms with van der Waals surface area (Å²) in [5.41, 5.74) is 7.83. The van der Waals surface area contributed by atoms with Crippen LogP contribution >= 0.6 is 0 Å². The molecule has 5 rings (SSSR count). The number of amides is 2. The molecule has 2 bridgehead atoms. The molecule has 6 atom stereocenters. The lowest BCUT2D eigenvalue weighted by atomic mass is 9.43. The summed E-state index contributed by atoms with van der Waals surface area (Å²) in [6, 6.07) is 8.37. The summed E-state index contributed by atoms with van der Waals surface area (Å²) in [6.45, 7) is 11.1. The van der Waals surface area contributed by atoms with E-state index in [0.717, 1.165) is 32.1 Å². The van der Waals surface area contributed by atoms with Gasteiger partial charge in [-0.05, 0) is 75.0 Å². The van der Waals surface area contributed by atoms with E-state index in [0.29, 0.717) is 43.1 Å². The molecular weight excluding hydrogens is 627 g/mol. The number of benzene rings is 1. The van der Waals surface area contributed by atoms with Crippen molar-refractivity contribution >= 4 is 30.7 Å². The second-order valence-electron chi connectivity index (χ2n) is 15.2. The van der Waals surface area contributed by atoms with Gasteiger partial charge in [-0.1, -0.05) is 76.3 Å². The van der Waals surface area contributed by atoms with Crippen LogP contribution in [-0.4, -0.2) is 65.9 Å². The topological polar surface area (TPSA) is 187 Å². The lowest BCUT2D eigenvalue weighted by Gasteiger charge is -2.64. The summed E-state index contributed by atoms with van der Waals surface area (Å²) in [5, 5.41) is 15.9. The number of nitro groups is 1. The number of nitrogens with one attached hydrogen (secondary N) is 3. The average Bonchev–Trinajstić information content (AvgIpc) is 3.40. The summed E-state index contributed by atoms with van der Waals surface area (Å²) in [7, 11) is -0.598. The SMILES string of the molecule is CC(C)C[C@H](NC(=O)[C@H](CCCN=C(N)N[N+](=O)[O-])NC(=O)CCCCCCC(=O)c1ccccc1)B1O[C@@H]2C[C@@H]3C[C@@H](C3(C)C)[C@]2(C)O1. The highest BCUT2D eigenvalue weighted by atomic mass is 16.7. The quantitative estimate of drug-likeness (QED) is 0.0313. The fraction of sp³-hybridized carbons (Fsp3) is 0.714. The summed E-state index contributed by atoms with van der Waals surface area (Å²) >= 11 is 0. The van der Waals surface area contributed by atoms with Crippen molar-refractivity contribution in [2.75, 3.05) is 6.54 Å². The summed E-state index contributed by atoms with van der Waals surface area (Å²) in [6.07, 6.45) is 7.00. The Labute approximate surface area is 290 Å². The third-order valence-corrected chi connectivity index (χ3v) is 10.8. The monoisotopic (exact) mass is 682 g/mol. The van der Waals surface area contributed by atoms with E-state index in [1.165, 1.54) is 0 Å². The van der Waals surface area contributed by atoms with Crippen LogP contribution in [0.5, 0.6) is 0 Å². The minimum atomic E-state index is -0.850. The van der Waals surface area contributed by atoms with E-state index in [9.17, 15) is 24.5 Å². The van der Waals surface area contributed by atoms with Crippen LogP contribution in [0.15, 0.2) is 35.3 Å². The normalized spacial score (nSPS) is 25.1. The number of ketones is 1. The number of hydrogen-bond donors (Lipinski definition) is 4. The van der Waals surface area contributed by atoms with E-state index in [1.807, 2.05) is 30.3 Å². The molecular formula is C35H55BN6O7. The van der Waals surface area contributed by atoms with Crippen molar-refractivity contribution in [3.05, 3.63) is 46.0 Å². The number of hydrazine groups is 1. The van der Waals surface area contributed by atoms with Crippen LogP contribution in [0.4, 0.5) is 0 Å². The van der Waals surface area contributed by atoms with E-state index in [-0.39, 0.29) is 60.4 Å². The third-order valence-electron chi connectivity index (χ3n) is 10.8. The summed E-state index contributed by atoms with van der Waals surface area (Å²) in [4.78, 5) is 53.8. The van der Waals surface area contributed by atoms with Gasteiger partial charge in [0, 0.05) is 24.9 Å². The minimum absolute atomic E-state index is 0.0242. The Morgan fingerprint density at radius 3 is 2.39 bits per heavy atom. The van der Waals surface area contributed by atoms with Crippen LogP contribution in [0.25, 0.3) is 0 Å². The number of Topliss-reactive ketones (excluding diaryl/α,β-unsaturated/α-hetero) is 1. The highest BCUT2D eigenvalue weighted by Crippen LogP contribution is 2.65. The molecule has 0 unspecified atom stereocenters. The van der Waals surface area contributed by atoms with Crippen LogP contribution < -0.4 is 21.8 Å². The Bertz CT molecular complexity index is 1340. The number of guanidine groups is 1. The lowest BCUT2D eigenvalue weighted by molar-refractivity contribution is -0.525. The molecule has 0 radical (unpaired) electrons. The molecule has 1 aromatic carbocycles. The summed E-state index contributed by atoms with van der Waals surface area (Å²) < 4.78 is 13.2. The van der Waals surface area contributed by atoms with E-state index in [2.05, 4.69) is 50.2 Å². The molecule has 2 amide bonds. The maximum absolute atomic E-state index is 13.8. The van der Waals surface area contributed by atoms with Gasteiger partial charge in [0.15, 0.2) is 10.8 Å². The predicted octanol–water partition coefficient (Wildman–Crippen LogP) is 4.37. The number of carbonyl (C=O) groups excluding carboxylic acids is 3. The Balaban J connectivity index is 1.32. The molecule has 270 valence electrons. The van der Waals surface area contributed by atoms with Gasteiger partial charge in [-0.2, -0.15) is 0 Å². The van der Waals surface area contributed by atoms with Crippen LogP contribution in [0.3, 0.4) is 0 Å². The molecule has 13 nitrogen and oxygen atoms in total. The van der Waals surface area contributed by atoms with Crippen molar-refractivity contribution in [3.63, 3.8) is 0 Å². The number of hydrogen-bond acceptors (Lipinski definition) is 8. The largest absolute Gasteiger partial charge is 0.481 e. The van der Waals surface area contributed by atoms with E-state index < -0.39 is 29.7 Å². The Hall–Kier alpha value is -3.52. The number of nitrogens with zero attached hydrogens (tertiary/aromatic N) is 2. The molecule has 3 saturated carbocycles. The Kier molecular flexibility index (Phi) is 13.2. The first-order valence-electron chi connectivity index (χ1n) is 17.9. The standard InChI is InChI=1S/C35H55BN6O7/c1-23(2)20-30(36-48-29-22-25-21-28(34(25,3)4)35(29,5)49-36)40-32(45)26(16-13-19-38-33(37)41-42(46)47)39-31(44)18-12-7-6-11-17-27(43)24-14-9-8-10-15-24/h8-10,14-15,23,25-26,28-30H,6-7,11-13,16-22H2,1-5H3,(H,39,44)(H,40,45)(H3,37,38,41)/t25-,26-,28-,29+,30-,35-/m0/s1. The van der Waals surface area contributed by atoms with E-state index >= 15 is 0 Å². The highest BCUT2D eigenvalue weighted by Gasteiger charge is 2.68. The van der Waals surface area contributed by atoms with Gasteiger partial charge in [-0.15, -0.1) is 0 Å². The van der Waals surface area contributed by atoms with Gasteiger partial charge in [0.05, 0.1) is 17.6 Å². The van der Waals surface area contributed by atoms with Crippen LogP contribution in [-0.2, 0) is 18.9 Å². The maximum atomic E-state index is 13.8. The van der Waals surface area contributed by atoms with Gasteiger partial charge in [0.2, 0.25) is 11.8 Å². The molecule has 3 aliphatic carbocycles. The first kappa shape index (κ1) is 38.3. The number of unbranched alkanes of at least 4 members (excludes halogenated alkanes) is 3. The van der Waals surface area contributed by atoms with Crippen molar-refractivity contribution in [1.29, 1.82) is 0 Å². The van der Waals surface area contributed by atoms with Crippen LogP contribution in [0, 0.1) is 33.3 Å². The minimum Gasteiger partial charge on any atom is -0.404 e. The number of rotatable bonds is 19. The van der Waals surface area contributed by atoms with Gasteiger partial charge < -0.3 is 25.7 Å². The van der Waals surface area contributed by atoms with E-state index in [4.69, 9.17) is 15.0 Å². The first-order valence-corrected chi connectivity index (χ1v) is 17.9. The molecule has 1 saturated heterocycles. The molecule has 0 aromatic heterocycles. The smallest absolute Gasteiger partial charge is 0.404 e. The third kappa shape index (κ3) is 10.0. The number of aliphatic imine (C=N–C) groups is 1. The van der Waals surface area contributed by atoms with Crippen molar-refractivity contribution in [2.24, 2.45) is 33.9 Å². The fourth-order valence-corrected chi connectivity index (χ4v) is 7.95. The highest BCUT2D eigenvalue weighted by molar-refractivity contribution is 6.48. The fourth-order valence-electron chi connectivity index (χ4n) is 7.95. The predicted molar refractivity (Wildman–Crippen MR) is 188 cm³/mol. The summed E-state index contributed by atoms with van der Waals surface area (Å²) in [5.74, 6) is 0.0346. The van der Waals surface area contributed by atoms with Gasteiger partial charge in [0.25, 0.3) is 5.96 Å². The molecule has 1 aromatic rings. The maximum Gasteiger partial charge on any atom is 0.481 e. The molecule has 0 spiro atoms. The second-order valence-corrected chi connectivity index (χ2v) is 15.2. The van der Waals surface area contributed by atoms with E-state index in [1.54, 1.807) is 5.43 Å². The van der Waals surface area contributed by atoms with Crippen molar-refractivity contribution < 1.29 is 28.7 Å². The van der Waals surface area contributed by atoms with Crippen LogP contribution in [0.2, 0.25) is 0 Å². The first-order chi connectivity index (χ1) is 23.2. The molecule has 1 aliphatic heterocycles. The molecule has 49 heavy (non-hydrogen) atoms. The molecule has 14 heteroatoms. The number of carbonyl (C=O) groups is 3. The zero-order valence-corrected chi connectivity index (χ0v) is 29.7. The Morgan fingerprint density at radius 1 is 1.04 bits per heavy atom. The molecule has 5 N–H and O–H groups in total. The Morgan fingerprint density at radius 2 is 1.73 bits per heavy atom. The van der Waals surface area contributed by atoms with Gasteiger partial charge >= 0.3 is 7.12 Å². The zero-order valence-electron chi connectivity index (χ0n) is 29.7. The van der Waals surface area contributed by atoms with Gasteiger partial charge in [-0.25, -0.2) is 15.1 Å². The zero-order chi connectivity index (χ0) is 35.8. The van der Waals surface area contributed by atoms with Crippen molar-refractivity contribution in [1.82, 2.24) is 16.1 Å². The second kappa shape index (κ2) is 16.9. The molecule has 4 aliphatic rings. The molecule has 4 fully saturated rings. The van der Waals surface area contributed by atoms with Crippen LogP contribution in [0.1, 0.15) is 116 Å². The number of nitrogens with two attached hydrogens (primary N) is 1. The van der Waals surface area contributed by atoms with Gasteiger partial charge in [-0.3, -0.25) is 14.4 Å². The molecule has 1 heterocycles. The van der Waals surface area contributed by atoms with Gasteiger partial charge in [0.1, 0.15) is 6.04 Å². The van der Waals surface area contributed by atoms with Crippen molar-refractivity contribution in [2.45, 2.75) is 129 Å². The van der Waals surface area contributed by atoms with Crippen molar-refractivity contribution in [3.8, 4) is 0 Å².